The van der Waals surface area contributed by atoms with Gasteiger partial charge in [-0.25, -0.2) is 0 Å². The van der Waals surface area contributed by atoms with Gasteiger partial charge in [0.2, 0.25) is 0 Å². The summed E-state index contributed by atoms with van der Waals surface area (Å²) in [7, 11) is 0. The number of rotatable bonds is 4. The van der Waals surface area contributed by atoms with E-state index < -0.39 is 0 Å². The van der Waals surface area contributed by atoms with Gasteiger partial charge in [0.05, 0.1) is 6.61 Å². The molecule has 0 spiro atoms. The van der Waals surface area contributed by atoms with Crippen LogP contribution in [-0.2, 0) is 26.1 Å². The Bertz CT molecular complexity index is 550. The first-order valence-electron chi connectivity index (χ1n) is 6.83. The third kappa shape index (κ3) is 2.86. The molecule has 2 nitrogen and oxygen atoms in total. The van der Waals surface area contributed by atoms with E-state index in [1.54, 1.807) is 0 Å². The Morgan fingerprint density at radius 1 is 0.895 bits per heavy atom. The summed E-state index contributed by atoms with van der Waals surface area (Å²) in [6.45, 7) is 3.27. The quantitative estimate of drug-likeness (QED) is 0.905. The lowest BCUT2D eigenvalue weighted by Gasteiger charge is -2.14. The molecular weight excluding hydrogens is 234 g/mol. The maximum absolute atomic E-state index is 9.17. The fraction of sp³-hybridized carbons (Fsp3) is 0.294. The Hall–Kier alpha value is -1.64. The Kier molecular flexibility index (Phi) is 3.62. The zero-order valence-electron chi connectivity index (χ0n) is 11.0. The molecule has 1 heterocycles. The van der Waals surface area contributed by atoms with Crippen LogP contribution in [0.3, 0.4) is 0 Å². The SMILES string of the molecule is OCc1ccc2c(c1)CN(CCc1ccccc1)C2. The van der Waals surface area contributed by atoms with E-state index in [0.29, 0.717) is 0 Å². The maximum atomic E-state index is 9.17. The molecule has 1 N–H and O–H groups in total. The topological polar surface area (TPSA) is 23.5 Å². The molecule has 0 saturated heterocycles. The van der Waals surface area contributed by atoms with E-state index in [-0.39, 0.29) is 6.61 Å². The van der Waals surface area contributed by atoms with Gasteiger partial charge >= 0.3 is 0 Å². The molecule has 2 heteroatoms. The van der Waals surface area contributed by atoms with Gasteiger partial charge in [0.25, 0.3) is 0 Å². The van der Waals surface area contributed by atoms with E-state index in [2.05, 4.69) is 47.4 Å². The second-order valence-corrected chi connectivity index (χ2v) is 5.21. The van der Waals surface area contributed by atoms with Crippen molar-refractivity contribution in [3.63, 3.8) is 0 Å². The minimum atomic E-state index is 0.136. The first kappa shape index (κ1) is 12.4. The lowest BCUT2D eigenvalue weighted by atomic mass is 10.1. The van der Waals surface area contributed by atoms with Gasteiger partial charge in [-0.05, 0) is 28.7 Å². The van der Waals surface area contributed by atoms with Crippen molar-refractivity contribution in [3.8, 4) is 0 Å². The average molecular weight is 253 g/mol. The lowest BCUT2D eigenvalue weighted by molar-refractivity contribution is 0.281. The first-order chi connectivity index (χ1) is 9.35. The van der Waals surface area contributed by atoms with Gasteiger partial charge in [-0.2, -0.15) is 0 Å². The summed E-state index contributed by atoms with van der Waals surface area (Å²) < 4.78 is 0. The third-order valence-corrected chi connectivity index (χ3v) is 3.80. The van der Waals surface area contributed by atoms with Crippen LogP contribution in [0.4, 0.5) is 0 Å². The van der Waals surface area contributed by atoms with Crippen LogP contribution in [0.15, 0.2) is 48.5 Å². The molecular formula is C17H19NO. The molecule has 0 aliphatic carbocycles. The minimum Gasteiger partial charge on any atom is -0.392 e. The molecule has 0 amide bonds. The molecule has 0 atom stereocenters. The molecule has 0 aromatic heterocycles. The average Bonchev–Trinajstić information content (AvgIpc) is 2.88. The fourth-order valence-electron chi connectivity index (χ4n) is 2.71. The van der Waals surface area contributed by atoms with E-state index in [9.17, 15) is 5.11 Å². The summed E-state index contributed by atoms with van der Waals surface area (Å²) in [5.41, 5.74) is 5.20. The van der Waals surface area contributed by atoms with Gasteiger partial charge < -0.3 is 5.11 Å². The van der Waals surface area contributed by atoms with Crippen LogP contribution in [-0.4, -0.2) is 16.6 Å². The summed E-state index contributed by atoms with van der Waals surface area (Å²) in [4.78, 5) is 2.47. The van der Waals surface area contributed by atoms with Crippen molar-refractivity contribution in [1.82, 2.24) is 4.90 Å². The Morgan fingerprint density at radius 2 is 1.68 bits per heavy atom. The smallest absolute Gasteiger partial charge is 0.0681 e. The molecule has 1 aliphatic rings. The van der Waals surface area contributed by atoms with Gasteiger partial charge in [0, 0.05) is 19.6 Å². The largest absolute Gasteiger partial charge is 0.392 e. The second kappa shape index (κ2) is 5.55. The van der Waals surface area contributed by atoms with Crippen molar-refractivity contribution in [2.45, 2.75) is 26.1 Å². The molecule has 0 unspecified atom stereocenters. The second-order valence-electron chi connectivity index (χ2n) is 5.21. The lowest BCUT2D eigenvalue weighted by Crippen LogP contribution is -2.19. The van der Waals surface area contributed by atoms with Crippen molar-refractivity contribution in [2.24, 2.45) is 0 Å². The van der Waals surface area contributed by atoms with Crippen molar-refractivity contribution < 1.29 is 5.11 Å². The van der Waals surface area contributed by atoms with Gasteiger partial charge in [-0.1, -0.05) is 48.5 Å². The monoisotopic (exact) mass is 253 g/mol. The predicted molar refractivity (Wildman–Crippen MR) is 76.6 cm³/mol. The van der Waals surface area contributed by atoms with E-state index in [1.807, 2.05) is 6.07 Å². The van der Waals surface area contributed by atoms with E-state index in [0.717, 1.165) is 31.6 Å². The summed E-state index contributed by atoms with van der Waals surface area (Å²) >= 11 is 0. The standard InChI is InChI=1S/C17H19NO/c19-13-15-6-7-16-11-18(12-17(16)10-15)9-8-14-4-2-1-3-5-14/h1-7,10,19H,8-9,11-13H2. The highest BCUT2D eigenvalue weighted by molar-refractivity contribution is 5.34. The number of aliphatic hydroxyl groups is 1. The van der Waals surface area contributed by atoms with Crippen molar-refractivity contribution in [1.29, 1.82) is 0 Å². The van der Waals surface area contributed by atoms with Crippen molar-refractivity contribution >= 4 is 0 Å². The number of benzene rings is 2. The highest BCUT2D eigenvalue weighted by Gasteiger charge is 2.18. The van der Waals surface area contributed by atoms with E-state index >= 15 is 0 Å². The van der Waals surface area contributed by atoms with Gasteiger partial charge in [0.15, 0.2) is 0 Å². The van der Waals surface area contributed by atoms with Crippen LogP contribution in [0, 0.1) is 0 Å². The number of aliphatic hydroxyl groups excluding tert-OH is 1. The third-order valence-electron chi connectivity index (χ3n) is 3.80. The first-order valence-corrected chi connectivity index (χ1v) is 6.83. The molecule has 1 aliphatic heterocycles. The van der Waals surface area contributed by atoms with Gasteiger partial charge in [-0.15, -0.1) is 0 Å². The molecule has 2 aromatic rings. The summed E-state index contributed by atoms with van der Waals surface area (Å²) in [5.74, 6) is 0. The van der Waals surface area contributed by atoms with Crippen LogP contribution in [0.2, 0.25) is 0 Å². The summed E-state index contributed by atoms with van der Waals surface area (Å²) in [5, 5.41) is 9.17. The zero-order valence-corrected chi connectivity index (χ0v) is 11.0. The van der Waals surface area contributed by atoms with E-state index in [1.165, 1.54) is 16.7 Å². The molecule has 2 aromatic carbocycles. The number of hydrogen-bond donors (Lipinski definition) is 1. The molecule has 3 rings (SSSR count). The highest BCUT2D eigenvalue weighted by Crippen LogP contribution is 2.24. The maximum Gasteiger partial charge on any atom is 0.0681 e. The zero-order chi connectivity index (χ0) is 13.1. The molecule has 0 saturated carbocycles. The van der Waals surface area contributed by atoms with E-state index in [4.69, 9.17) is 0 Å². The number of nitrogens with zero attached hydrogens (tertiary/aromatic N) is 1. The van der Waals surface area contributed by atoms with Crippen LogP contribution in [0.5, 0.6) is 0 Å². The number of fused-ring (bicyclic) bond motifs is 1. The predicted octanol–water partition coefficient (Wildman–Crippen LogP) is 2.74. The van der Waals surface area contributed by atoms with Crippen LogP contribution in [0.1, 0.15) is 22.3 Å². The summed E-state index contributed by atoms with van der Waals surface area (Å²) in [6, 6.07) is 17.0. The van der Waals surface area contributed by atoms with Gasteiger partial charge in [-0.3, -0.25) is 4.90 Å². The molecule has 98 valence electrons. The van der Waals surface area contributed by atoms with Crippen LogP contribution >= 0.6 is 0 Å². The Morgan fingerprint density at radius 3 is 2.47 bits per heavy atom. The van der Waals surface area contributed by atoms with Crippen LogP contribution < -0.4 is 0 Å². The summed E-state index contributed by atoms with van der Waals surface area (Å²) in [6.07, 6.45) is 1.10. The highest BCUT2D eigenvalue weighted by atomic mass is 16.3. The normalized spacial score (nSPS) is 14.6. The van der Waals surface area contributed by atoms with Crippen molar-refractivity contribution in [3.05, 3.63) is 70.8 Å². The van der Waals surface area contributed by atoms with Gasteiger partial charge in [0.1, 0.15) is 0 Å². The fourth-order valence-corrected chi connectivity index (χ4v) is 2.71. The Balaban J connectivity index is 1.61. The molecule has 0 bridgehead atoms. The number of hydrogen-bond acceptors (Lipinski definition) is 2. The molecule has 0 radical (unpaired) electrons. The van der Waals surface area contributed by atoms with Crippen LogP contribution in [0.25, 0.3) is 0 Å². The minimum absolute atomic E-state index is 0.136. The Labute approximate surface area is 114 Å². The molecule has 0 fully saturated rings. The molecule has 19 heavy (non-hydrogen) atoms. The van der Waals surface area contributed by atoms with Crippen molar-refractivity contribution in [2.75, 3.05) is 6.54 Å².